The van der Waals surface area contributed by atoms with Crippen molar-refractivity contribution >= 4 is 39.8 Å². The molecule has 0 aliphatic heterocycles. The van der Waals surface area contributed by atoms with Crippen molar-refractivity contribution in [3.63, 3.8) is 0 Å². The van der Waals surface area contributed by atoms with E-state index < -0.39 is 6.10 Å². The lowest BCUT2D eigenvalue weighted by Gasteiger charge is -2.21. The van der Waals surface area contributed by atoms with E-state index in [9.17, 15) is 4.79 Å². The van der Waals surface area contributed by atoms with Crippen LogP contribution in [0.15, 0.2) is 54.7 Å². The number of esters is 1. The maximum absolute atomic E-state index is 11.7. The highest BCUT2D eigenvalue weighted by Gasteiger charge is 2.16. The first-order valence-electron chi connectivity index (χ1n) is 8.71. The van der Waals surface area contributed by atoms with Gasteiger partial charge in [0.1, 0.15) is 5.75 Å². The quantitative estimate of drug-likeness (QED) is 0.560. The Bertz CT molecular complexity index is 944. The number of nitrogens with zero attached hydrogens (tertiary/aromatic N) is 2. The highest BCUT2D eigenvalue weighted by Crippen LogP contribution is 2.34. The highest BCUT2D eigenvalue weighted by molar-refractivity contribution is 6.38. The topological polar surface area (TPSA) is 51.7 Å². The molecule has 0 N–H and O–H groups in total. The van der Waals surface area contributed by atoms with Crippen LogP contribution in [0.3, 0.4) is 0 Å². The zero-order valence-corrected chi connectivity index (χ0v) is 16.2. The first-order chi connectivity index (χ1) is 13.0. The fourth-order valence-corrected chi connectivity index (χ4v) is 3.08. The van der Waals surface area contributed by atoms with Gasteiger partial charge in [-0.25, -0.2) is 9.78 Å². The second-order valence-electron chi connectivity index (χ2n) is 6.05. The van der Waals surface area contributed by atoms with Crippen molar-refractivity contribution in [3.05, 3.63) is 59.8 Å². The van der Waals surface area contributed by atoms with Crippen LogP contribution < -0.4 is 9.64 Å². The summed E-state index contributed by atoms with van der Waals surface area (Å²) in [4.78, 5) is 18.1. The number of anilines is 2. The summed E-state index contributed by atoms with van der Waals surface area (Å²) in [7, 11) is 1.90. The van der Waals surface area contributed by atoms with E-state index in [1.165, 1.54) is 0 Å². The number of hydrogen-bond donors (Lipinski definition) is 0. The molecule has 0 amide bonds. The first kappa shape index (κ1) is 19.0. The third-order valence-electron chi connectivity index (χ3n) is 4.19. The van der Waals surface area contributed by atoms with Crippen LogP contribution in [-0.4, -0.2) is 30.7 Å². The second kappa shape index (κ2) is 8.27. The molecule has 2 aromatic carbocycles. The summed E-state index contributed by atoms with van der Waals surface area (Å²) < 4.78 is 10.6. The van der Waals surface area contributed by atoms with Gasteiger partial charge < -0.3 is 14.4 Å². The number of pyridine rings is 1. The minimum absolute atomic E-state index is 0.329. The Morgan fingerprint density at radius 3 is 2.59 bits per heavy atom. The number of benzene rings is 2. The summed E-state index contributed by atoms with van der Waals surface area (Å²) in [5.41, 5.74) is 0.899. The van der Waals surface area contributed by atoms with Crippen molar-refractivity contribution in [1.82, 2.24) is 4.98 Å². The van der Waals surface area contributed by atoms with Gasteiger partial charge in [0.2, 0.25) is 0 Å². The van der Waals surface area contributed by atoms with Crippen molar-refractivity contribution in [2.45, 2.75) is 20.0 Å². The Morgan fingerprint density at radius 1 is 1.19 bits per heavy atom. The number of fused-ring (bicyclic) bond motifs is 1. The van der Waals surface area contributed by atoms with Gasteiger partial charge in [-0.2, -0.15) is 0 Å². The Labute approximate surface area is 163 Å². The molecule has 1 aromatic heterocycles. The molecule has 0 saturated carbocycles. The number of carbonyl (C=O) groups is 1. The lowest BCUT2D eigenvalue weighted by molar-refractivity contribution is -0.150. The largest absolute Gasteiger partial charge is 0.479 e. The molecule has 0 radical (unpaired) electrons. The predicted octanol–water partition coefficient (Wildman–Crippen LogP) is 4.99. The van der Waals surface area contributed by atoms with E-state index in [0.29, 0.717) is 23.2 Å². The summed E-state index contributed by atoms with van der Waals surface area (Å²) in [5, 5.41) is 2.56. The summed E-state index contributed by atoms with van der Waals surface area (Å²) in [6.45, 7) is 3.76. The molecule has 3 aromatic rings. The average molecular weight is 385 g/mol. The molecule has 1 unspecified atom stereocenters. The molecule has 140 valence electrons. The summed E-state index contributed by atoms with van der Waals surface area (Å²) in [5.74, 6) is 0.875. The molecule has 6 heteroatoms. The van der Waals surface area contributed by atoms with Crippen LogP contribution in [0.5, 0.6) is 5.75 Å². The van der Waals surface area contributed by atoms with Gasteiger partial charge in [-0.3, -0.25) is 0 Å². The molecule has 1 heterocycles. The van der Waals surface area contributed by atoms with Crippen LogP contribution in [-0.2, 0) is 9.53 Å². The minimum atomic E-state index is -0.662. The van der Waals surface area contributed by atoms with Crippen LogP contribution in [0.2, 0.25) is 5.02 Å². The molecule has 1 atom stereocenters. The third kappa shape index (κ3) is 4.14. The molecular weight excluding hydrogens is 364 g/mol. The van der Waals surface area contributed by atoms with Gasteiger partial charge in [0, 0.05) is 29.7 Å². The number of hydrogen-bond acceptors (Lipinski definition) is 5. The maximum atomic E-state index is 11.7. The molecule has 0 aliphatic carbocycles. The minimum Gasteiger partial charge on any atom is -0.479 e. The number of ether oxygens (including phenoxy) is 2. The van der Waals surface area contributed by atoms with E-state index >= 15 is 0 Å². The van der Waals surface area contributed by atoms with Gasteiger partial charge in [-0.1, -0.05) is 35.9 Å². The highest BCUT2D eigenvalue weighted by atomic mass is 35.5. The number of halogens is 1. The molecule has 0 aliphatic rings. The van der Waals surface area contributed by atoms with Crippen LogP contribution >= 0.6 is 11.6 Å². The zero-order chi connectivity index (χ0) is 19.4. The van der Waals surface area contributed by atoms with Crippen molar-refractivity contribution in [1.29, 1.82) is 0 Å². The second-order valence-corrected chi connectivity index (χ2v) is 6.43. The normalized spacial score (nSPS) is 11.9. The van der Waals surface area contributed by atoms with Crippen molar-refractivity contribution in [3.8, 4) is 5.75 Å². The maximum Gasteiger partial charge on any atom is 0.347 e. The molecule has 0 fully saturated rings. The SMILES string of the molecule is CCOC(=O)C(C)Oc1ccc(N(C)c2ncc3ccccc3c2Cl)cc1. The van der Waals surface area contributed by atoms with Crippen LogP contribution in [0, 0.1) is 0 Å². The Hall–Kier alpha value is -2.79. The van der Waals surface area contributed by atoms with Gasteiger partial charge in [0.25, 0.3) is 0 Å². The molecule has 3 rings (SSSR count). The average Bonchev–Trinajstić information content (AvgIpc) is 2.69. The summed E-state index contributed by atoms with van der Waals surface area (Å²) >= 11 is 6.57. The molecule has 0 bridgehead atoms. The summed E-state index contributed by atoms with van der Waals surface area (Å²) in [6.07, 6.45) is 1.15. The number of rotatable bonds is 6. The van der Waals surface area contributed by atoms with Gasteiger partial charge in [0.05, 0.1) is 11.6 Å². The number of carbonyl (C=O) groups excluding carboxylic acids is 1. The van der Waals surface area contributed by atoms with E-state index in [-0.39, 0.29) is 5.97 Å². The zero-order valence-electron chi connectivity index (χ0n) is 15.5. The van der Waals surface area contributed by atoms with Crippen molar-refractivity contribution < 1.29 is 14.3 Å². The van der Waals surface area contributed by atoms with E-state index in [4.69, 9.17) is 21.1 Å². The van der Waals surface area contributed by atoms with Crippen LogP contribution in [0.1, 0.15) is 13.8 Å². The Morgan fingerprint density at radius 2 is 1.89 bits per heavy atom. The molecular formula is C21H21ClN2O3. The standard InChI is InChI=1S/C21H21ClN2O3/c1-4-26-21(25)14(2)27-17-11-9-16(10-12-17)24(3)20-19(22)18-8-6-5-7-15(18)13-23-20/h5-14H,4H2,1-3H3. The molecule has 27 heavy (non-hydrogen) atoms. The number of aromatic nitrogens is 1. The molecule has 0 spiro atoms. The Balaban J connectivity index is 1.79. The van der Waals surface area contributed by atoms with E-state index in [0.717, 1.165) is 16.5 Å². The lowest BCUT2D eigenvalue weighted by Crippen LogP contribution is -2.26. The summed E-state index contributed by atoms with van der Waals surface area (Å²) in [6, 6.07) is 15.3. The Kier molecular flexibility index (Phi) is 5.81. The third-order valence-corrected chi connectivity index (χ3v) is 4.57. The van der Waals surface area contributed by atoms with E-state index in [2.05, 4.69) is 4.98 Å². The fraction of sp³-hybridized carbons (Fsp3) is 0.238. The predicted molar refractivity (Wildman–Crippen MR) is 108 cm³/mol. The van der Waals surface area contributed by atoms with Gasteiger partial charge in [-0.05, 0) is 38.1 Å². The van der Waals surface area contributed by atoms with Gasteiger partial charge in [-0.15, -0.1) is 0 Å². The molecule has 0 saturated heterocycles. The monoisotopic (exact) mass is 384 g/mol. The van der Waals surface area contributed by atoms with Gasteiger partial charge >= 0.3 is 5.97 Å². The van der Waals surface area contributed by atoms with Crippen molar-refractivity contribution in [2.24, 2.45) is 0 Å². The van der Waals surface area contributed by atoms with Crippen LogP contribution in [0.4, 0.5) is 11.5 Å². The fourth-order valence-electron chi connectivity index (χ4n) is 2.73. The first-order valence-corrected chi connectivity index (χ1v) is 9.09. The van der Waals surface area contributed by atoms with E-state index in [1.807, 2.05) is 54.5 Å². The van der Waals surface area contributed by atoms with Crippen molar-refractivity contribution in [2.75, 3.05) is 18.6 Å². The lowest BCUT2D eigenvalue weighted by atomic mass is 10.1. The smallest absolute Gasteiger partial charge is 0.347 e. The van der Waals surface area contributed by atoms with Gasteiger partial charge in [0.15, 0.2) is 11.9 Å². The van der Waals surface area contributed by atoms with E-state index in [1.54, 1.807) is 26.0 Å². The molecule has 5 nitrogen and oxygen atoms in total. The van der Waals surface area contributed by atoms with Crippen LogP contribution in [0.25, 0.3) is 10.8 Å².